The van der Waals surface area contributed by atoms with E-state index >= 15 is 0 Å². The van der Waals surface area contributed by atoms with E-state index in [9.17, 15) is 4.79 Å². The van der Waals surface area contributed by atoms with E-state index < -0.39 is 0 Å². The van der Waals surface area contributed by atoms with Crippen LogP contribution < -0.4 is 10.6 Å². The Labute approximate surface area is 187 Å². The van der Waals surface area contributed by atoms with Gasteiger partial charge in [-0.2, -0.15) is 0 Å². The third-order valence-electron chi connectivity index (χ3n) is 4.99. The average Bonchev–Trinajstić information content (AvgIpc) is 2.84. The van der Waals surface area contributed by atoms with E-state index in [-0.39, 0.29) is 6.03 Å². The third kappa shape index (κ3) is 5.46. The molecule has 0 saturated carbocycles. The molecule has 2 heterocycles. The van der Waals surface area contributed by atoms with Gasteiger partial charge in [-0.15, -0.1) is 6.42 Å². The van der Waals surface area contributed by atoms with Gasteiger partial charge < -0.3 is 5.32 Å². The van der Waals surface area contributed by atoms with E-state index in [1.54, 1.807) is 18.3 Å². The molecule has 0 bridgehead atoms. The molecular weight excluding hydrogens is 398 g/mol. The number of amides is 2. The number of unbranched alkanes of at least 4 members (excludes halogenated alkanes) is 1. The van der Waals surface area contributed by atoms with Crippen LogP contribution in [0.1, 0.15) is 24.0 Å². The molecule has 2 aromatic carbocycles. The number of carbonyl (C=O) groups is 1. The summed E-state index contributed by atoms with van der Waals surface area (Å²) >= 11 is 0. The number of rotatable bonds is 7. The molecule has 0 atom stereocenters. The Hall–Kier alpha value is -4.24. The molecule has 0 aliphatic heterocycles. The lowest BCUT2D eigenvalue weighted by atomic mass is 10.1. The molecule has 0 aliphatic rings. The minimum absolute atomic E-state index is 0.289. The van der Waals surface area contributed by atoms with Gasteiger partial charge in [-0.05, 0) is 49.1 Å². The monoisotopic (exact) mass is 421 g/mol. The second-order valence-corrected chi connectivity index (χ2v) is 7.34. The first-order chi connectivity index (χ1) is 15.7. The average molecular weight is 422 g/mol. The van der Waals surface area contributed by atoms with Crippen LogP contribution in [-0.2, 0) is 6.42 Å². The fourth-order valence-corrected chi connectivity index (χ4v) is 3.34. The first kappa shape index (κ1) is 21.0. The number of fused-ring (bicyclic) bond motifs is 1. The summed E-state index contributed by atoms with van der Waals surface area (Å²) in [4.78, 5) is 25.7. The minimum Gasteiger partial charge on any atom is -0.338 e. The molecule has 32 heavy (non-hydrogen) atoms. The van der Waals surface area contributed by atoms with Crippen LogP contribution in [-0.4, -0.2) is 27.5 Å². The number of aromatic nitrogens is 3. The number of benzene rings is 2. The second-order valence-electron chi connectivity index (χ2n) is 7.34. The summed E-state index contributed by atoms with van der Waals surface area (Å²) in [6.45, 7) is 0.599. The molecule has 0 spiro atoms. The predicted molar refractivity (Wildman–Crippen MR) is 127 cm³/mol. The Morgan fingerprint density at radius 2 is 1.84 bits per heavy atom. The molecule has 158 valence electrons. The summed E-state index contributed by atoms with van der Waals surface area (Å²) in [7, 11) is 0. The van der Waals surface area contributed by atoms with Crippen LogP contribution in [0, 0.1) is 12.3 Å². The Morgan fingerprint density at radius 1 is 0.969 bits per heavy atom. The standard InChI is InChI=1S/C26H23N5O/c1-2-19-12-8-13-21(17-19)23-18-28-22-14-15-24(30-25(22)29-23)31-26(32)27-16-7-6-11-20-9-4-3-5-10-20/h1,3-5,8-10,12-15,17-18H,6-7,11,16H2,(H2,27,29,30,31,32). The topological polar surface area (TPSA) is 79.8 Å². The number of pyridine rings is 1. The SMILES string of the molecule is C#Cc1cccc(-c2cnc3ccc(NC(=O)NCCCCc4ccccc4)nc3n2)c1. The molecular formula is C26H23N5O. The molecule has 2 aromatic heterocycles. The normalized spacial score (nSPS) is 10.5. The van der Waals surface area contributed by atoms with E-state index in [1.807, 2.05) is 42.5 Å². The van der Waals surface area contributed by atoms with Crippen LogP contribution in [0.5, 0.6) is 0 Å². The van der Waals surface area contributed by atoms with E-state index in [0.29, 0.717) is 29.2 Å². The van der Waals surface area contributed by atoms with Crippen molar-refractivity contribution in [2.45, 2.75) is 19.3 Å². The number of carbonyl (C=O) groups excluding carboxylic acids is 1. The van der Waals surface area contributed by atoms with Crippen molar-refractivity contribution in [3.63, 3.8) is 0 Å². The fourth-order valence-electron chi connectivity index (χ4n) is 3.34. The van der Waals surface area contributed by atoms with Crippen LogP contribution in [0.25, 0.3) is 22.4 Å². The summed E-state index contributed by atoms with van der Waals surface area (Å²) in [5.41, 5.74) is 4.71. The van der Waals surface area contributed by atoms with Gasteiger partial charge in [-0.3, -0.25) is 10.3 Å². The van der Waals surface area contributed by atoms with Gasteiger partial charge in [0.15, 0.2) is 5.65 Å². The zero-order valence-corrected chi connectivity index (χ0v) is 17.6. The Kier molecular flexibility index (Phi) is 6.69. The summed E-state index contributed by atoms with van der Waals surface area (Å²) in [5.74, 6) is 3.04. The maximum atomic E-state index is 12.2. The van der Waals surface area contributed by atoms with Crippen molar-refractivity contribution >= 4 is 23.0 Å². The fraction of sp³-hybridized carbons (Fsp3) is 0.154. The van der Waals surface area contributed by atoms with Crippen LogP contribution in [0.2, 0.25) is 0 Å². The van der Waals surface area contributed by atoms with E-state index in [2.05, 4.69) is 43.6 Å². The summed E-state index contributed by atoms with van der Waals surface area (Å²) in [5, 5.41) is 5.64. The summed E-state index contributed by atoms with van der Waals surface area (Å²) in [6.07, 6.45) is 10.1. The zero-order valence-electron chi connectivity index (χ0n) is 17.6. The highest BCUT2D eigenvalue weighted by Crippen LogP contribution is 2.20. The van der Waals surface area contributed by atoms with Crippen LogP contribution in [0.3, 0.4) is 0 Å². The smallest absolute Gasteiger partial charge is 0.320 e. The number of terminal acetylenes is 1. The molecule has 2 N–H and O–H groups in total. The predicted octanol–water partition coefficient (Wildman–Crippen LogP) is 4.82. The van der Waals surface area contributed by atoms with Gasteiger partial charge in [-0.1, -0.05) is 48.4 Å². The maximum absolute atomic E-state index is 12.2. The lowest BCUT2D eigenvalue weighted by Crippen LogP contribution is -2.29. The highest BCUT2D eigenvalue weighted by atomic mass is 16.2. The number of hydrogen-bond acceptors (Lipinski definition) is 4. The minimum atomic E-state index is -0.289. The highest BCUT2D eigenvalue weighted by molar-refractivity contribution is 5.89. The lowest BCUT2D eigenvalue weighted by Gasteiger charge is -2.08. The molecule has 0 radical (unpaired) electrons. The molecule has 0 aliphatic carbocycles. The van der Waals surface area contributed by atoms with E-state index in [1.165, 1.54) is 5.56 Å². The van der Waals surface area contributed by atoms with Crippen molar-refractivity contribution in [2.75, 3.05) is 11.9 Å². The number of nitrogens with one attached hydrogen (secondary N) is 2. The van der Waals surface area contributed by atoms with Crippen molar-refractivity contribution in [3.8, 4) is 23.6 Å². The van der Waals surface area contributed by atoms with Gasteiger partial charge in [0.25, 0.3) is 0 Å². The Bertz CT molecular complexity index is 1260. The zero-order chi connectivity index (χ0) is 22.2. The van der Waals surface area contributed by atoms with Crippen molar-refractivity contribution in [1.29, 1.82) is 0 Å². The van der Waals surface area contributed by atoms with Gasteiger partial charge >= 0.3 is 6.03 Å². The Morgan fingerprint density at radius 3 is 2.69 bits per heavy atom. The van der Waals surface area contributed by atoms with Crippen molar-refractivity contribution in [1.82, 2.24) is 20.3 Å². The van der Waals surface area contributed by atoms with Crippen molar-refractivity contribution < 1.29 is 4.79 Å². The number of urea groups is 1. The molecule has 0 unspecified atom stereocenters. The molecule has 4 aromatic rings. The third-order valence-corrected chi connectivity index (χ3v) is 4.99. The van der Waals surface area contributed by atoms with Gasteiger partial charge in [0.1, 0.15) is 11.3 Å². The molecule has 6 heteroatoms. The number of aryl methyl sites for hydroxylation is 1. The number of hydrogen-bond donors (Lipinski definition) is 2. The molecule has 0 saturated heterocycles. The van der Waals surface area contributed by atoms with E-state index in [0.717, 1.165) is 30.4 Å². The quantitative estimate of drug-likeness (QED) is 0.331. The number of anilines is 1. The lowest BCUT2D eigenvalue weighted by molar-refractivity contribution is 0.252. The number of nitrogens with zero attached hydrogens (tertiary/aromatic N) is 3. The van der Waals surface area contributed by atoms with Gasteiger partial charge in [0, 0.05) is 17.7 Å². The second kappa shape index (κ2) is 10.2. The molecule has 0 fully saturated rings. The van der Waals surface area contributed by atoms with Crippen molar-refractivity contribution in [2.24, 2.45) is 0 Å². The van der Waals surface area contributed by atoms with Crippen LogP contribution in [0.4, 0.5) is 10.6 Å². The highest BCUT2D eigenvalue weighted by Gasteiger charge is 2.08. The Balaban J connectivity index is 1.34. The largest absolute Gasteiger partial charge is 0.338 e. The van der Waals surface area contributed by atoms with Gasteiger partial charge in [0.2, 0.25) is 0 Å². The van der Waals surface area contributed by atoms with Crippen molar-refractivity contribution in [3.05, 3.63) is 84.1 Å². The molecule has 4 rings (SSSR count). The van der Waals surface area contributed by atoms with Gasteiger partial charge in [-0.25, -0.2) is 14.8 Å². The van der Waals surface area contributed by atoms with Gasteiger partial charge in [0.05, 0.1) is 11.9 Å². The first-order valence-electron chi connectivity index (χ1n) is 10.5. The van der Waals surface area contributed by atoms with E-state index in [4.69, 9.17) is 6.42 Å². The van der Waals surface area contributed by atoms with Crippen LogP contribution >= 0.6 is 0 Å². The summed E-state index contributed by atoms with van der Waals surface area (Å²) in [6, 6.07) is 21.1. The van der Waals surface area contributed by atoms with Crippen LogP contribution in [0.15, 0.2) is 72.9 Å². The maximum Gasteiger partial charge on any atom is 0.320 e. The summed E-state index contributed by atoms with van der Waals surface area (Å²) < 4.78 is 0. The molecule has 6 nitrogen and oxygen atoms in total. The first-order valence-corrected chi connectivity index (χ1v) is 10.5. The molecule has 2 amide bonds.